The topological polar surface area (TPSA) is 59.3 Å². The van der Waals surface area contributed by atoms with E-state index in [-0.39, 0.29) is 10.4 Å². The first-order chi connectivity index (χ1) is 9.88. The van der Waals surface area contributed by atoms with Crippen molar-refractivity contribution in [1.82, 2.24) is 4.57 Å². The highest BCUT2D eigenvalue weighted by Gasteiger charge is 2.09. The highest BCUT2D eigenvalue weighted by atomic mass is 32.1. The Morgan fingerprint density at radius 3 is 2.71 bits per heavy atom. The second kappa shape index (κ2) is 6.05. The van der Waals surface area contributed by atoms with Crippen LogP contribution in [0.25, 0.3) is 6.08 Å². The summed E-state index contributed by atoms with van der Waals surface area (Å²) in [5.74, 6) is -1.64. The lowest BCUT2D eigenvalue weighted by Crippen LogP contribution is -2.15. The van der Waals surface area contributed by atoms with E-state index >= 15 is 0 Å². The summed E-state index contributed by atoms with van der Waals surface area (Å²) < 4.78 is 15.2. The van der Waals surface area contributed by atoms with Gasteiger partial charge in [-0.05, 0) is 37.6 Å². The highest BCUT2D eigenvalue weighted by molar-refractivity contribution is 7.09. The van der Waals surface area contributed by atoms with E-state index in [9.17, 15) is 14.0 Å². The van der Waals surface area contributed by atoms with Crippen molar-refractivity contribution in [2.75, 3.05) is 0 Å². The van der Waals surface area contributed by atoms with Crippen LogP contribution in [0.2, 0.25) is 0 Å². The molecular weight excluding hydrogens is 293 g/mol. The summed E-state index contributed by atoms with van der Waals surface area (Å²) >= 11 is 1.18. The molecule has 0 aliphatic rings. The summed E-state index contributed by atoms with van der Waals surface area (Å²) in [6.45, 7) is 4.08. The third-order valence-corrected chi connectivity index (χ3v) is 4.18. The van der Waals surface area contributed by atoms with Crippen molar-refractivity contribution in [1.29, 1.82) is 0 Å². The minimum absolute atomic E-state index is 0.0584. The fourth-order valence-electron chi connectivity index (χ4n) is 1.93. The molecule has 2 rings (SSSR count). The Hall–Kier alpha value is -2.21. The summed E-state index contributed by atoms with van der Waals surface area (Å²) in [6.07, 6.45) is 2.09. The minimum Gasteiger partial charge on any atom is -0.478 e. The van der Waals surface area contributed by atoms with Crippen molar-refractivity contribution in [2.45, 2.75) is 20.4 Å². The molecule has 0 fully saturated rings. The molecule has 0 saturated carbocycles. The molecule has 110 valence electrons. The fraction of sp³-hybridized carbons (Fsp3) is 0.200. The Morgan fingerprint density at radius 2 is 2.14 bits per heavy atom. The Labute approximate surface area is 124 Å². The molecule has 0 aliphatic carbocycles. The fourth-order valence-corrected chi connectivity index (χ4v) is 2.76. The van der Waals surface area contributed by atoms with Crippen molar-refractivity contribution in [3.8, 4) is 0 Å². The van der Waals surface area contributed by atoms with Crippen LogP contribution in [0.4, 0.5) is 4.39 Å². The Bertz CT molecular complexity index is 774. The predicted molar refractivity (Wildman–Crippen MR) is 80.2 cm³/mol. The molecule has 1 heterocycles. The molecule has 0 unspecified atom stereocenters. The van der Waals surface area contributed by atoms with Gasteiger partial charge in [0.25, 0.3) is 0 Å². The zero-order valence-electron chi connectivity index (χ0n) is 11.6. The monoisotopic (exact) mass is 307 g/mol. The van der Waals surface area contributed by atoms with Crippen LogP contribution in [0.15, 0.2) is 29.1 Å². The average Bonchev–Trinajstić information content (AvgIpc) is 2.65. The van der Waals surface area contributed by atoms with E-state index in [1.165, 1.54) is 23.5 Å². The van der Waals surface area contributed by atoms with E-state index in [4.69, 9.17) is 5.11 Å². The lowest BCUT2D eigenvalue weighted by atomic mass is 10.1. The van der Waals surface area contributed by atoms with Gasteiger partial charge in [-0.2, -0.15) is 0 Å². The van der Waals surface area contributed by atoms with Gasteiger partial charge in [-0.1, -0.05) is 17.4 Å². The van der Waals surface area contributed by atoms with E-state index in [2.05, 4.69) is 0 Å². The number of carboxylic acids is 1. The molecule has 1 aromatic heterocycles. The number of halogens is 1. The number of carbonyl (C=O) groups is 1. The maximum Gasteiger partial charge on any atom is 0.328 e. The summed E-state index contributed by atoms with van der Waals surface area (Å²) in [5, 5.41) is 8.59. The van der Waals surface area contributed by atoms with Gasteiger partial charge in [0.1, 0.15) is 5.82 Å². The molecule has 4 nitrogen and oxygen atoms in total. The molecule has 0 saturated heterocycles. The van der Waals surface area contributed by atoms with Gasteiger partial charge in [0.15, 0.2) is 0 Å². The number of hydrogen-bond acceptors (Lipinski definition) is 3. The molecular formula is C15H14FNO3S. The van der Waals surface area contributed by atoms with Crippen LogP contribution < -0.4 is 4.87 Å². The van der Waals surface area contributed by atoms with Gasteiger partial charge in [0, 0.05) is 22.2 Å². The standard InChI is InChI=1S/C15H14FNO3S/c1-9-10(2)21-15(20)17(9)8-11-3-5-13(16)12(7-11)4-6-14(18)19/h3-7H,8H2,1-2H3,(H,18,19). The highest BCUT2D eigenvalue weighted by Crippen LogP contribution is 2.16. The van der Waals surface area contributed by atoms with E-state index in [0.29, 0.717) is 6.54 Å². The number of hydrogen-bond donors (Lipinski definition) is 1. The maximum absolute atomic E-state index is 13.6. The molecule has 21 heavy (non-hydrogen) atoms. The van der Waals surface area contributed by atoms with Crippen LogP contribution in [0.1, 0.15) is 21.7 Å². The van der Waals surface area contributed by atoms with E-state index in [0.717, 1.165) is 22.2 Å². The van der Waals surface area contributed by atoms with Crippen LogP contribution in [-0.2, 0) is 11.3 Å². The summed E-state index contributed by atoms with van der Waals surface area (Å²) in [6, 6.07) is 4.41. The first-order valence-corrected chi connectivity index (χ1v) is 7.06. The molecule has 0 amide bonds. The van der Waals surface area contributed by atoms with Crippen LogP contribution in [0.5, 0.6) is 0 Å². The Balaban J connectivity index is 2.35. The number of aromatic nitrogens is 1. The molecule has 0 spiro atoms. The van der Waals surface area contributed by atoms with Crippen LogP contribution in [-0.4, -0.2) is 15.6 Å². The van der Waals surface area contributed by atoms with Gasteiger partial charge in [-0.15, -0.1) is 0 Å². The predicted octanol–water partition coefficient (Wildman–Crippen LogP) is 2.81. The number of thiazole rings is 1. The third kappa shape index (κ3) is 3.46. The number of rotatable bonds is 4. The molecule has 0 bridgehead atoms. The first kappa shape index (κ1) is 15.2. The van der Waals surface area contributed by atoms with E-state index in [1.54, 1.807) is 16.7 Å². The van der Waals surface area contributed by atoms with Crippen molar-refractivity contribution in [3.05, 3.63) is 61.5 Å². The average molecular weight is 307 g/mol. The lowest BCUT2D eigenvalue weighted by molar-refractivity contribution is -0.131. The van der Waals surface area contributed by atoms with E-state index in [1.807, 2.05) is 13.8 Å². The van der Waals surface area contributed by atoms with Gasteiger partial charge in [-0.3, -0.25) is 9.36 Å². The van der Waals surface area contributed by atoms with Crippen LogP contribution >= 0.6 is 11.3 Å². The van der Waals surface area contributed by atoms with Gasteiger partial charge in [0.2, 0.25) is 0 Å². The van der Waals surface area contributed by atoms with Gasteiger partial charge < -0.3 is 5.11 Å². The van der Waals surface area contributed by atoms with E-state index < -0.39 is 11.8 Å². The molecule has 2 aromatic rings. The number of aryl methyl sites for hydroxylation is 1. The van der Waals surface area contributed by atoms with Crippen molar-refractivity contribution >= 4 is 23.4 Å². The van der Waals surface area contributed by atoms with Gasteiger partial charge in [-0.25, -0.2) is 9.18 Å². The molecule has 0 radical (unpaired) electrons. The summed E-state index contributed by atoms with van der Waals surface area (Å²) in [7, 11) is 0. The molecule has 0 aliphatic heterocycles. The number of benzene rings is 1. The normalized spacial score (nSPS) is 11.2. The van der Waals surface area contributed by atoms with Crippen molar-refractivity contribution in [3.63, 3.8) is 0 Å². The Kier molecular flexibility index (Phi) is 4.37. The second-order valence-electron chi connectivity index (χ2n) is 4.62. The molecule has 1 aromatic carbocycles. The first-order valence-electron chi connectivity index (χ1n) is 6.24. The zero-order chi connectivity index (χ0) is 15.6. The van der Waals surface area contributed by atoms with Crippen molar-refractivity contribution in [2.24, 2.45) is 0 Å². The quantitative estimate of drug-likeness (QED) is 0.884. The number of aliphatic carboxylic acids is 1. The van der Waals surface area contributed by atoms with Crippen LogP contribution in [0.3, 0.4) is 0 Å². The van der Waals surface area contributed by atoms with Crippen molar-refractivity contribution < 1.29 is 14.3 Å². The molecule has 6 heteroatoms. The Morgan fingerprint density at radius 1 is 1.43 bits per heavy atom. The molecule has 0 atom stereocenters. The SMILES string of the molecule is Cc1sc(=O)n(Cc2ccc(F)c(C=CC(=O)O)c2)c1C. The van der Waals surface area contributed by atoms with Gasteiger partial charge >= 0.3 is 10.8 Å². The number of carboxylic acid groups (broad SMARTS) is 1. The number of nitrogens with zero attached hydrogens (tertiary/aromatic N) is 1. The second-order valence-corrected chi connectivity index (χ2v) is 5.79. The van der Waals surface area contributed by atoms with Gasteiger partial charge in [0.05, 0.1) is 6.54 Å². The minimum atomic E-state index is -1.14. The van der Waals surface area contributed by atoms with Crippen LogP contribution in [0, 0.1) is 19.7 Å². The molecule has 1 N–H and O–H groups in total. The largest absolute Gasteiger partial charge is 0.478 e. The smallest absolute Gasteiger partial charge is 0.328 e. The summed E-state index contributed by atoms with van der Waals surface area (Å²) in [4.78, 5) is 23.2. The third-order valence-electron chi connectivity index (χ3n) is 3.18. The summed E-state index contributed by atoms with van der Waals surface area (Å²) in [5.41, 5.74) is 1.81. The maximum atomic E-state index is 13.6. The zero-order valence-corrected chi connectivity index (χ0v) is 12.4. The lowest BCUT2D eigenvalue weighted by Gasteiger charge is -2.07.